The topological polar surface area (TPSA) is 23.8 Å². The Kier molecular flexibility index (Phi) is 1.64. The summed E-state index contributed by atoms with van der Waals surface area (Å²) >= 11 is 5.85. The van der Waals surface area contributed by atoms with Crippen molar-refractivity contribution in [1.29, 1.82) is 5.26 Å². The van der Waals surface area contributed by atoms with Crippen LogP contribution in [0.25, 0.3) is 5.57 Å². The lowest BCUT2D eigenvalue weighted by Crippen LogP contribution is -1.79. The summed E-state index contributed by atoms with van der Waals surface area (Å²) in [4.78, 5) is 0. The molecule has 1 aromatic rings. The van der Waals surface area contributed by atoms with E-state index in [1.165, 1.54) is 5.57 Å². The molecule has 0 unspecified atom stereocenters. The van der Waals surface area contributed by atoms with Crippen LogP contribution in [0.3, 0.4) is 0 Å². The van der Waals surface area contributed by atoms with Gasteiger partial charge in [0.15, 0.2) is 0 Å². The molecule has 0 spiro atoms. The molecule has 12 heavy (non-hydrogen) atoms. The normalized spacial score (nSPS) is 13.5. The van der Waals surface area contributed by atoms with E-state index in [1.54, 1.807) is 6.07 Å². The predicted octanol–water partition coefficient (Wildman–Crippen LogP) is 3.00. The Morgan fingerprint density at radius 1 is 1.42 bits per heavy atom. The SMILES string of the molecule is N#Cc1ccc(C2=CC2)cc1Cl. The molecule has 0 saturated carbocycles. The Bertz CT molecular complexity index is 399. The molecular formula is C10H6ClN. The number of rotatable bonds is 1. The summed E-state index contributed by atoms with van der Waals surface area (Å²) in [5.41, 5.74) is 3.00. The lowest BCUT2D eigenvalue weighted by atomic mass is 10.1. The second kappa shape index (κ2) is 2.66. The quantitative estimate of drug-likeness (QED) is 0.644. The maximum absolute atomic E-state index is 8.61. The Balaban J connectivity index is 2.46. The number of benzene rings is 1. The van der Waals surface area contributed by atoms with Gasteiger partial charge in [-0.05, 0) is 29.7 Å². The fourth-order valence-electron chi connectivity index (χ4n) is 1.09. The van der Waals surface area contributed by atoms with E-state index in [0.29, 0.717) is 10.6 Å². The zero-order chi connectivity index (χ0) is 8.55. The molecule has 1 nitrogen and oxygen atoms in total. The highest BCUT2D eigenvalue weighted by molar-refractivity contribution is 6.31. The van der Waals surface area contributed by atoms with Gasteiger partial charge in [-0.3, -0.25) is 0 Å². The van der Waals surface area contributed by atoms with Crippen molar-refractivity contribution in [3.63, 3.8) is 0 Å². The number of hydrogen-bond donors (Lipinski definition) is 0. The highest BCUT2D eigenvalue weighted by Gasteiger charge is 2.11. The molecule has 1 aliphatic rings. The van der Waals surface area contributed by atoms with Crippen LogP contribution in [0, 0.1) is 11.3 Å². The fraction of sp³-hybridized carbons (Fsp3) is 0.100. The molecule has 0 saturated heterocycles. The van der Waals surface area contributed by atoms with E-state index in [-0.39, 0.29) is 0 Å². The van der Waals surface area contributed by atoms with Crippen molar-refractivity contribution in [3.05, 3.63) is 40.4 Å². The molecule has 0 N–H and O–H groups in total. The van der Waals surface area contributed by atoms with Gasteiger partial charge in [-0.2, -0.15) is 5.26 Å². The molecule has 2 rings (SSSR count). The van der Waals surface area contributed by atoms with Gasteiger partial charge in [-0.1, -0.05) is 23.7 Å². The van der Waals surface area contributed by atoms with Gasteiger partial charge in [0, 0.05) is 0 Å². The highest BCUT2D eigenvalue weighted by Crippen LogP contribution is 2.32. The molecule has 0 atom stereocenters. The fourth-order valence-corrected chi connectivity index (χ4v) is 1.32. The van der Waals surface area contributed by atoms with Crippen molar-refractivity contribution in [2.45, 2.75) is 6.42 Å². The molecule has 0 amide bonds. The number of nitriles is 1. The van der Waals surface area contributed by atoms with Crippen LogP contribution in [0.5, 0.6) is 0 Å². The van der Waals surface area contributed by atoms with Crippen LogP contribution in [0.1, 0.15) is 17.5 Å². The molecule has 0 bridgehead atoms. The number of halogens is 1. The molecule has 58 valence electrons. The van der Waals surface area contributed by atoms with Crippen LogP contribution < -0.4 is 0 Å². The summed E-state index contributed by atoms with van der Waals surface area (Å²) in [5, 5.41) is 9.16. The minimum atomic E-state index is 0.543. The van der Waals surface area contributed by atoms with E-state index in [2.05, 4.69) is 6.08 Å². The predicted molar refractivity (Wildman–Crippen MR) is 48.8 cm³/mol. The minimum Gasteiger partial charge on any atom is -0.192 e. The monoisotopic (exact) mass is 175 g/mol. The van der Waals surface area contributed by atoms with E-state index in [1.807, 2.05) is 18.2 Å². The summed E-state index contributed by atoms with van der Waals surface area (Å²) in [7, 11) is 0. The van der Waals surface area contributed by atoms with Crippen LogP contribution >= 0.6 is 11.6 Å². The lowest BCUT2D eigenvalue weighted by molar-refractivity contribution is 1.47. The van der Waals surface area contributed by atoms with Crippen molar-refractivity contribution < 1.29 is 0 Å². The number of allylic oxidation sites excluding steroid dienone is 2. The molecule has 0 aromatic heterocycles. The summed E-state index contributed by atoms with van der Waals surface area (Å²) in [6, 6.07) is 7.57. The summed E-state index contributed by atoms with van der Waals surface area (Å²) in [6.45, 7) is 0. The highest BCUT2D eigenvalue weighted by atomic mass is 35.5. The smallest absolute Gasteiger partial charge is 0.101 e. The van der Waals surface area contributed by atoms with Gasteiger partial charge < -0.3 is 0 Å². The van der Waals surface area contributed by atoms with Gasteiger partial charge in [0.2, 0.25) is 0 Å². The molecular weight excluding hydrogens is 170 g/mol. The average molecular weight is 176 g/mol. The second-order valence-corrected chi connectivity index (χ2v) is 3.15. The van der Waals surface area contributed by atoms with Crippen molar-refractivity contribution in [1.82, 2.24) is 0 Å². The molecule has 1 aliphatic carbocycles. The van der Waals surface area contributed by atoms with Crippen molar-refractivity contribution >= 4 is 17.2 Å². The van der Waals surface area contributed by atoms with Crippen LogP contribution in [-0.4, -0.2) is 0 Å². The zero-order valence-corrected chi connectivity index (χ0v) is 7.10. The first-order valence-electron chi connectivity index (χ1n) is 3.70. The Morgan fingerprint density at radius 3 is 2.67 bits per heavy atom. The summed E-state index contributed by atoms with van der Waals surface area (Å²) < 4.78 is 0. The van der Waals surface area contributed by atoms with E-state index in [9.17, 15) is 0 Å². The standard InChI is InChI=1S/C10H6ClN/c11-10-5-8(7-1-2-7)3-4-9(10)6-12/h1,3-5H,2H2. The van der Waals surface area contributed by atoms with Gasteiger partial charge >= 0.3 is 0 Å². The third-order valence-electron chi connectivity index (χ3n) is 1.87. The van der Waals surface area contributed by atoms with Crippen LogP contribution in [0.2, 0.25) is 5.02 Å². The first-order valence-corrected chi connectivity index (χ1v) is 4.08. The van der Waals surface area contributed by atoms with Crippen molar-refractivity contribution in [3.8, 4) is 6.07 Å². The summed E-state index contributed by atoms with van der Waals surface area (Å²) in [6.07, 6.45) is 3.19. The van der Waals surface area contributed by atoms with Crippen molar-refractivity contribution in [2.24, 2.45) is 0 Å². The van der Waals surface area contributed by atoms with Gasteiger partial charge in [0.05, 0.1) is 10.6 Å². The molecule has 0 fully saturated rings. The van der Waals surface area contributed by atoms with Gasteiger partial charge in [-0.25, -0.2) is 0 Å². The lowest BCUT2D eigenvalue weighted by Gasteiger charge is -1.97. The number of nitrogens with zero attached hydrogens (tertiary/aromatic N) is 1. The van der Waals surface area contributed by atoms with Gasteiger partial charge in [0.1, 0.15) is 6.07 Å². The van der Waals surface area contributed by atoms with Crippen LogP contribution in [-0.2, 0) is 0 Å². The van der Waals surface area contributed by atoms with E-state index < -0.39 is 0 Å². The Morgan fingerprint density at radius 2 is 2.17 bits per heavy atom. The first-order chi connectivity index (χ1) is 5.81. The third kappa shape index (κ3) is 1.22. The minimum absolute atomic E-state index is 0.543. The maximum atomic E-state index is 8.61. The molecule has 1 aromatic carbocycles. The molecule has 0 aliphatic heterocycles. The number of hydrogen-bond acceptors (Lipinski definition) is 1. The van der Waals surface area contributed by atoms with Crippen LogP contribution in [0.4, 0.5) is 0 Å². The van der Waals surface area contributed by atoms with Gasteiger partial charge in [0.25, 0.3) is 0 Å². The largest absolute Gasteiger partial charge is 0.192 e. The van der Waals surface area contributed by atoms with Gasteiger partial charge in [-0.15, -0.1) is 0 Å². The zero-order valence-electron chi connectivity index (χ0n) is 6.34. The second-order valence-electron chi connectivity index (χ2n) is 2.74. The van der Waals surface area contributed by atoms with E-state index in [0.717, 1.165) is 12.0 Å². The molecule has 0 radical (unpaired) electrons. The Labute approximate surface area is 75.9 Å². The van der Waals surface area contributed by atoms with E-state index in [4.69, 9.17) is 16.9 Å². The summed E-state index contributed by atoms with van der Waals surface area (Å²) in [5.74, 6) is 0. The third-order valence-corrected chi connectivity index (χ3v) is 2.18. The average Bonchev–Trinajstić information content (AvgIpc) is 2.86. The molecule has 0 heterocycles. The van der Waals surface area contributed by atoms with Crippen LogP contribution in [0.15, 0.2) is 24.3 Å². The molecule has 2 heteroatoms. The van der Waals surface area contributed by atoms with Crippen molar-refractivity contribution in [2.75, 3.05) is 0 Å². The van der Waals surface area contributed by atoms with E-state index >= 15 is 0 Å². The Hall–Kier alpha value is -1.26. The first kappa shape index (κ1) is 7.39. The maximum Gasteiger partial charge on any atom is 0.101 e.